The van der Waals surface area contributed by atoms with Gasteiger partial charge >= 0.3 is 0 Å². The fraction of sp³-hybridized carbons (Fsp3) is 0.600. The van der Waals surface area contributed by atoms with Gasteiger partial charge in [-0.15, -0.1) is 24.8 Å². The number of hydrogen-bond donors (Lipinski definition) is 1. The molecule has 1 saturated heterocycles. The lowest BCUT2D eigenvalue weighted by atomic mass is 9.90. The molecule has 0 aliphatic carbocycles. The molecule has 2 rings (SSSR count). The van der Waals surface area contributed by atoms with Gasteiger partial charge in [-0.05, 0) is 12.0 Å². The second-order valence-electron chi connectivity index (χ2n) is 5.38. The number of halogens is 5. The average molecular weight is 359 g/mol. The van der Waals surface area contributed by atoms with Crippen molar-refractivity contribution in [1.29, 1.82) is 0 Å². The molecule has 0 radical (unpaired) electrons. The van der Waals surface area contributed by atoms with Crippen molar-refractivity contribution in [3.05, 3.63) is 35.1 Å². The molecule has 7 heteroatoms. The molecule has 1 aromatic carbocycles. The predicted molar refractivity (Wildman–Crippen MR) is 87.5 cm³/mol. The third kappa shape index (κ3) is 4.51. The van der Waals surface area contributed by atoms with Crippen LogP contribution in [0.1, 0.15) is 31.9 Å². The zero-order chi connectivity index (χ0) is 14.7. The zero-order valence-electron chi connectivity index (χ0n) is 12.7. The van der Waals surface area contributed by atoms with Crippen molar-refractivity contribution in [1.82, 2.24) is 10.2 Å². The van der Waals surface area contributed by atoms with E-state index >= 15 is 0 Å². The van der Waals surface area contributed by atoms with E-state index in [1.54, 1.807) is 0 Å². The van der Waals surface area contributed by atoms with Crippen LogP contribution in [0.5, 0.6) is 0 Å². The van der Waals surface area contributed by atoms with E-state index in [4.69, 9.17) is 0 Å². The molecule has 2 atom stereocenters. The number of nitrogens with one attached hydrogen (secondary N) is 1. The Morgan fingerprint density at radius 1 is 1.09 bits per heavy atom. The molecule has 0 aromatic heterocycles. The van der Waals surface area contributed by atoms with Crippen LogP contribution in [-0.2, 0) is 0 Å². The highest BCUT2D eigenvalue weighted by Gasteiger charge is 2.30. The molecule has 1 N–H and O–H groups in total. The van der Waals surface area contributed by atoms with Crippen molar-refractivity contribution >= 4 is 24.8 Å². The summed E-state index contributed by atoms with van der Waals surface area (Å²) in [6.45, 7) is 7.28. The van der Waals surface area contributed by atoms with Gasteiger partial charge in [0.2, 0.25) is 0 Å². The highest BCUT2D eigenvalue weighted by atomic mass is 35.5. The number of benzene rings is 1. The summed E-state index contributed by atoms with van der Waals surface area (Å²) >= 11 is 0. The minimum Gasteiger partial charge on any atom is -0.314 e. The third-order valence-electron chi connectivity index (χ3n) is 4.11. The van der Waals surface area contributed by atoms with Crippen molar-refractivity contribution in [3.63, 3.8) is 0 Å². The molecule has 1 fully saturated rings. The number of hydrogen-bond acceptors (Lipinski definition) is 2. The molecule has 0 amide bonds. The van der Waals surface area contributed by atoms with Gasteiger partial charge in [-0.1, -0.05) is 26.3 Å². The maximum atomic E-state index is 14.1. The molecule has 1 aromatic rings. The van der Waals surface area contributed by atoms with E-state index in [2.05, 4.69) is 10.2 Å². The molecule has 1 unspecified atom stereocenters. The molecular weight excluding hydrogens is 336 g/mol. The second kappa shape index (κ2) is 9.60. The van der Waals surface area contributed by atoms with Crippen LogP contribution < -0.4 is 5.32 Å². The number of rotatable bonds is 4. The first-order valence-electron chi connectivity index (χ1n) is 7.14. The van der Waals surface area contributed by atoms with E-state index in [-0.39, 0.29) is 42.3 Å². The van der Waals surface area contributed by atoms with Crippen molar-refractivity contribution < 1.29 is 13.2 Å². The summed E-state index contributed by atoms with van der Waals surface area (Å²) in [4.78, 5) is 2.15. The lowest BCUT2D eigenvalue weighted by Gasteiger charge is -2.38. The molecule has 22 heavy (non-hydrogen) atoms. The molecule has 0 bridgehead atoms. The van der Waals surface area contributed by atoms with Crippen LogP contribution in [0.25, 0.3) is 0 Å². The Labute approximate surface area is 142 Å². The molecule has 1 heterocycles. The predicted octanol–water partition coefficient (Wildman–Crippen LogP) is 3.94. The van der Waals surface area contributed by atoms with Crippen LogP contribution in [0.3, 0.4) is 0 Å². The van der Waals surface area contributed by atoms with E-state index in [0.717, 1.165) is 38.7 Å². The smallest absolute Gasteiger partial charge is 0.194 e. The van der Waals surface area contributed by atoms with Crippen LogP contribution in [-0.4, -0.2) is 31.1 Å². The molecule has 1 aliphatic rings. The summed E-state index contributed by atoms with van der Waals surface area (Å²) in [6, 6.07) is 2.19. The van der Waals surface area contributed by atoms with E-state index in [1.165, 1.54) is 6.07 Å². The first-order chi connectivity index (χ1) is 9.56. The topological polar surface area (TPSA) is 15.3 Å². The Morgan fingerprint density at radius 3 is 2.23 bits per heavy atom. The lowest BCUT2D eigenvalue weighted by Crippen LogP contribution is -2.46. The summed E-state index contributed by atoms with van der Waals surface area (Å²) < 4.78 is 40.7. The van der Waals surface area contributed by atoms with Crippen molar-refractivity contribution in [2.75, 3.05) is 26.2 Å². The Balaban J connectivity index is 0.00000220. The summed E-state index contributed by atoms with van der Waals surface area (Å²) in [5, 5.41) is 3.24. The zero-order valence-corrected chi connectivity index (χ0v) is 14.4. The first-order valence-corrected chi connectivity index (χ1v) is 7.14. The van der Waals surface area contributed by atoms with E-state index in [1.807, 2.05) is 13.8 Å². The Hall–Kier alpha value is -0.490. The monoisotopic (exact) mass is 358 g/mol. The fourth-order valence-electron chi connectivity index (χ4n) is 2.82. The minimum atomic E-state index is -1.37. The van der Waals surface area contributed by atoms with Crippen molar-refractivity contribution in [3.8, 4) is 0 Å². The summed E-state index contributed by atoms with van der Waals surface area (Å²) in [5.41, 5.74) is 0.264. The van der Waals surface area contributed by atoms with Crippen LogP contribution in [0.15, 0.2) is 12.1 Å². The van der Waals surface area contributed by atoms with Crippen molar-refractivity contribution in [2.45, 2.75) is 26.3 Å². The summed E-state index contributed by atoms with van der Waals surface area (Å²) in [7, 11) is 0. The lowest BCUT2D eigenvalue weighted by molar-refractivity contribution is 0.124. The van der Waals surface area contributed by atoms with E-state index in [0.29, 0.717) is 0 Å². The van der Waals surface area contributed by atoms with Gasteiger partial charge in [-0.3, -0.25) is 4.90 Å². The quantitative estimate of drug-likeness (QED) is 0.820. The van der Waals surface area contributed by atoms with Gasteiger partial charge in [0.15, 0.2) is 17.5 Å². The van der Waals surface area contributed by atoms with E-state index < -0.39 is 17.5 Å². The second-order valence-corrected chi connectivity index (χ2v) is 5.38. The minimum absolute atomic E-state index is 0. The highest BCUT2D eigenvalue weighted by molar-refractivity contribution is 5.85. The summed E-state index contributed by atoms with van der Waals surface area (Å²) in [6.07, 6.45) is 0.854. The van der Waals surface area contributed by atoms with Gasteiger partial charge in [0.25, 0.3) is 0 Å². The first kappa shape index (κ1) is 21.5. The summed E-state index contributed by atoms with van der Waals surface area (Å²) in [5.74, 6) is -3.37. The van der Waals surface area contributed by atoms with Gasteiger partial charge in [-0.2, -0.15) is 0 Å². The van der Waals surface area contributed by atoms with Gasteiger partial charge in [0.05, 0.1) is 0 Å². The molecule has 0 saturated carbocycles. The standard InChI is InChI=1S/C15H21F3N2.2ClH/c1-3-10(2)15(20-8-6-19-7-9-20)11-4-5-12(16)14(18)13(11)17;;/h4-5,10,15,19H,3,6-9H2,1-2H3;2*1H/t10?,15-;;/m0../s1. The maximum absolute atomic E-state index is 14.1. The molecular formula is C15H23Cl2F3N2. The third-order valence-corrected chi connectivity index (χ3v) is 4.11. The molecule has 2 nitrogen and oxygen atoms in total. The van der Waals surface area contributed by atoms with Crippen LogP contribution in [0, 0.1) is 23.4 Å². The Morgan fingerprint density at radius 2 is 1.68 bits per heavy atom. The van der Waals surface area contributed by atoms with Crippen molar-refractivity contribution in [2.24, 2.45) is 5.92 Å². The number of nitrogens with zero attached hydrogens (tertiary/aromatic N) is 1. The number of piperazine rings is 1. The Kier molecular flexibility index (Phi) is 9.39. The normalized spacial score (nSPS) is 18.0. The fourth-order valence-corrected chi connectivity index (χ4v) is 2.82. The van der Waals surface area contributed by atoms with Crippen LogP contribution in [0.4, 0.5) is 13.2 Å². The largest absolute Gasteiger partial charge is 0.314 e. The van der Waals surface area contributed by atoms with Gasteiger partial charge in [-0.25, -0.2) is 13.2 Å². The Bertz CT molecular complexity index is 468. The van der Waals surface area contributed by atoms with Gasteiger partial charge in [0.1, 0.15) is 0 Å². The SMILES string of the molecule is CCC(C)[C@@H](c1ccc(F)c(F)c1F)N1CCNCC1.Cl.Cl. The molecule has 0 spiro atoms. The van der Waals surface area contributed by atoms with Crippen LogP contribution >= 0.6 is 24.8 Å². The van der Waals surface area contributed by atoms with Crippen LogP contribution in [0.2, 0.25) is 0 Å². The highest BCUT2D eigenvalue weighted by Crippen LogP contribution is 2.33. The molecule has 128 valence electrons. The van der Waals surface area contributed by atoms with Gasteiger partial charge < -0.3 is 5.32 Å². The molecule has 1 aliphatic heterocycles. The maximum Gasteiger partial charge on any atom is 0.194 e. The van der Waals surface area contributed by atoms with E-state index in [9.17, 15) is 13.2 Å². The van der Waals surface area contributed by atoms with Gasteiger partial charge in [0, 0.05) is 37.8 Å². The average Bonchev–Trinajstić information content (AvgIpc) is 2.48.